The normalized spacial score (nSPS) is 15.3. The summed E-state index contributed by atoms with van der Waals surface area (Å²) in [6.45, 7) is 0. The first-order chi connectivity index (χ1) is 7.16. The van der Waals surface area contributed by atoms with E-state index in [-0.39, 0.29) is 17.5 Å². The van der Waals surface area contributed by atoms with Crippen LogP contribution >= 0.6 is 11.8 Å². The Labute approximate surface area is 90.9 Å². The number of benzene rings is 1. The van der Waals surface area contributed by atoms with Gasteiger partial charge in [0.15, 0.2) is 0 Å². The van der Waals surface area contributed by atoms with Gasteiger partial charge in [-0.3, -0.25) is 4.79 Å². The summed E-state index contributed by atoms with van der Waals surface area (Å²) in [6, 6.07) is 3.41. The topological polar surface area (TPSA) is 17.1 Å². The van der Waals surface area contributed by atoms with Crippen LogP contribution in [0.3, 0.4) is 0 Å². The van der Waals surface area contributed by atoms with Crippen molar-refractivity contribution in [2.75, 3.05) is 5.75 Å². The SMILES string of the molecule is O=C(CSc1ccc(F)cc1F)C1CC1. The minimum atomic E-state index is -0.594. The van der Waals surface area contributed by atoms with Crippen molar-refractivity contribution < 1.29 is 13.6 Å². The van der Waals surface area contributed by atoms with Crippen LogP contribution in [0.5, 0.6) is 0 Å². The molecule has 1 saturated carbocycles. The van der Waals surface area contributed by atoms with Gasteiger partial charge in [-0.2, -0.15) is 0 Å². The minimum Gasteiger partial charge on any atom is -0.298 e. The summed E-state index contributed by atoms with van der Waals surface area (Å²) in [6.07, 6.45) is 1.93. The van der Waals surface area contributed by atoms with Crippen molar-refractivity contribution >= 4 is 17.5 Å². The molecule has 1 aromatic rings. The number of halogens is 2. The highest BCUT2D eigenvalue weighted by Crippen LogP contribution is 2.32. The monoisotopic (exact) mass is 228 g/mol. The van der Waals surface area contributed by atoms with Crippen molar-refractivity contribution in [2.45, 2.75) is 17.7 Å². The molecule has 0 aromatic heterocycles. The van der Waals surface area contributed by atoms with E-state index in [1.54, 1.807) is 0 Å². The van der Waals surface area contributed by atoms with Crippen molar-refractivity contribution in [1.82, 2.24) is 0 Å². The highest BCUT2D eigenvalue weighted by molar-refractivity contribution is 8.00. The van der Waals surface area contributed by atoms with Crippen LogP contribution in [-0.2, 0) is 4.79 Å². The quantitative estimate of drug-likeness (QED) is 0.737. The first kappa shape index (κ1) is 10.6. The second-order valence-corrected chi connectivity index (χ2v) is 4.62. The number of ketones is 1. The van der Waals surface area contributed by atoms with Crippen LogP contribution in [0.1, 0.15) is 12.8 Å². The van der Waals surface area contributed by atoms with Gasteiger partial charge in [0.2, 0.25) is 0 Å². The highest BCUT2D eigenvalue weighted by Gasteiger charge is 2.29. The molecule has 0 N–H and O–H groups in total. The van der Waals surface area contributed by atoms with Gasteiger partial charge in [0.1, 0.15) is 17.4 Å². The van der Waals surface area contributed by atoms with E-state index in [1.807, 2.05) is 0 Å². The molecule has 1 aliphatic carbocycles. The van der Waals surface area contributed by atoms with E-state index < -0.39 is 11.6 Å². The van der Waals surface area contributed by atoms with E-state index in [2.05, 4.69) is 0 Å². The Kier molecular flexibility index (Phi) is 3.05. The Hall–Kier alpha value is -0.900. The molecule has 0 saturated heterocycles. The molecule has 0 atom stereocenters. The zero-order valence-electron chi connectivity index (χ0n) is 8.00. The summed E-state index contributed by atoms with van der Waals surface area (Å²) in [5, 5.41) is 0. The molecular formula is C11H10F2OS. The van der Waals surface area contributed by atoms with E-state index in [0.29, 0.717) is 4.90 Å². The summed E-state index contributed by atoms with van der Waals surface area (Å²) < 4.78 is 25.7. The molecule has 1 aliphatic rings. The fraction of sp³-hybridized carbons (Fsp3) is 0.364. The molecule has 15 heavy (non-hydrogen) atoms. The van der Waals surface area contributed by atoms with Crippen LogP contribution in [0.15, 0.2) is 23.1 Å². The second kappa shape index (κ2) is 4.31. The van der Waals surface area contributed by atoms with Crippen molar-refractivity contribution in [3.63, 3.8) is 0 Å². The predicted octanol–water partition coefficient (Wildman–Crippen LogP) is 3.04. The fourth-order valence-corrected chi connectivity index (χ4v) is 2.16. The van der Waals surface area contributed by atoms with Crippen LogP contribution in [0.2, 0.25) is 0 Å². The highest BCUT2D eigenvalue weighted by atomic mass is 32.2. The number of carbonyl (C=O) groups is 1. The van der Waals surface area contributed by atoms with Crippen LogP contribution < -0.4 is 0 Å². The largest absolute Gasteiger partial charge is 0.298 e. The molecule has 0 bridgehead atoms. The average Bonchev–Trinajstić information content (AvgIpc) is 2.99. The van der Waals surface area contributed by atoms with E-state index in [1.165, 1.54) is 12.1 Å². The lowest BCUT2D eigenvalue weighted by molar-refractivity contribution is -0.117. The van der Waals surface area contributed by atoms with Crippen molar-refractivity contribution in [1.29, 1.82) is 0 Å². The van der Waals surface area contributed by atoms with Crippen LogP contribution in [-0.4, -0.2) is 11.5 Å². The lowest BCUT2D eigenvalue weighted by atomic mass is 10.3. The number of rotatable bonds is 4. The Balaban J connectivity index is 1.95. The van der Waals surface area contributed by atoms with Crippen LogP contribution in [0.25, 0.3) is 0 Å². The fourth-order valence-electron chi connectivity index (χ4n) is 1.26. The van der Waals surface area contributed by atoms with E-state index >= 15 is 0 Å². The van der Waals surface area contributed by atoms with Crippen molar-refractivity contribution in [3.8, 4) is 0 Å². The number of hydrogen-bond acceptors (Lipinski definition) is 2. The van der Waals surface area contributed by atoms with Gasteiger partial charge in [-0.1, -0.05) is 0 Å². The molecule has 0 radical (unpaired) electrons. The maximum Gasteiger partial charge on any atom is 0.146 e. The third-order valence-corrected chi connectivity index (χ3v) is 3.37. The minimum absolute atomic E-state index is 0.170. The Morgan fingerprint density at radius 3 is 2.73 bits per heavy atom. The van der Waals surface area contributed by atoms with Crippen molar-refractivity contribution in [2.24, 2.45) is 5.92 Å². The number of hydrogen-bond donors (Lipinski definition) is 0. The van der Waals surface area contributed by atoms with Gasteiger partial charge in [-0.15, -0.1) is 11.8 Å². The second-order valence-electron chi connectivity index (χ2n) is 3.60. The number of thioether (sulfide) groups is 1. The maximum atomic E-state index is 13.1. The zero-order chi connectivity index (χ0) is 10.8. The van der Waals surface area contributed by atoms with Gasteiger partial charge < -0.3 is 0 Å². The molecule has 2 rings (SSSR count). The van der Waals surface area contributed by atoms with Gasteiger partial charge in [-0.25, -0.2) is 8.78 Å². The van der Waals surface area contributed by atoms with E-state index in [9.17, 15) is 13.6 Å². The molecular weight excluding hydrogens is 218 g/mol. The zero-order valence-corrected chi connectivity index (χ0v) is 8.82. The summed E-state index contributed by atoms with van der Waals surface area (Å²) in [5.41, 5.74) is 0. The third kappa shape index (κ3) is 2.78. The van der Waals surface area contributed by atoms with E-state index in [0.717, 1.165) is 30.7 Å². The predicted molar refractivity (Wildman–Crippen MR) is 54.8 cm³/mol. The van der Waals surface area contributed by atoms with Gasteiger partial charge in [0.05, 0.1) is 5.75 Å². The molecule has 1 nitrogen and oxygen atoms in total. The van der Waals surface area contributed by atoms with Gasteiger partial charge >= 0.3 is 0 Å². The Morgan fingerprint density at radius 2 is 2.13 bits per heavy atom. The average molecular weight is 228 g/mol. The molecule has 1 fully saturated rings. The lowest BCUT2D eigenvalue weighted by Gasteiger charge is -2.01. The molecule has 0 spiro atoms. The first-order valence-corrected chi connectivity index (χ1v) is 5.76. The molecule has 0 amide bonds. The van der Waals surface area contributed by atoms with Crippen LogP contribution in [0, 0.1) is 17.6 Å². The Morgan fingerprint density at radius 1 is 1.40 bits per heavy atom. The smallest absolute Gasteiger partial charge is 0.146 e. The first-order valence-electron chi connectivity index (χ1n) is 4.77. The van der Waals surface area contributed by atoms with E-state index in [4.69, 9.17) is 0 Å². The van der Waals surface area contributed by atoms with Gasteiger partial charge in [-0.05, 0) is 25.0 Å². The molecule has 0 heterocycles. The molecule has 4 heteroatoms. The third-order valence-electron chi connectivity index (χ3n) is 2.30. The molecule has 0 unspecified atom stereocenters. The molecule has 1 aromatic carbocycles. The summed E-state index contributed by atoms with van der Waals surface area (Å²) in [7, 11) is 0. The van der Waals surface area contributed by atoms with Gasteiger partial charge in [0, 0.05) is 16.9 Å². The number of carbonyl (C=O) groups excluding carboxylic acids is 1. The summed E-state index contributed by atoms with van der Waals surface area (Å²) in [5.74, 6) is -0.536. The standard InChI is InChI=1S/C11H10F2OS/c12-8-3-4-11(9(13)5-8)15-6-10(14)7-1-2-7/h3-5,7H,1-2,6H2. The Bertz CT molecular complexity index is 388. The van der Waals surface area contributed by atoms with Gasteiger partial charge in [0.25, 0.3) is 0 Å². The summed E-state index contributed by atoms with van der Waals surface area (Å²) >= 11 is 1.14. The molecule has 80 valence electrons. The lowest BCUT2D eigenvalue weighted by Crippen LogP contribution is -2.03. The van der Waals surface area contributed by atoms with Crippen LogP contribution in [0.4, 0.5) is 8.78 Å². The number of Topliss-reactive ketones (excluding diaryl/α,β-unsaturated/α-hetero) is 1. The molecule has 0 aliphatic heterocycles. The maximum absolute atomic E-state index is 13.1. The van der Waals surface area contributed by atoms with Crippen molar-refractivity contribution in [3.05, 3.63) is 29.8 Å². The summed E-state index contributed by atoms with van der Waals surface area (Å²) in [4.78, 5) is 11.7.